The van der Waals surface area contributed by atoms with Crippen LogP contribution >= 0.6 is 0 Å². The summed E-state index contributed by atoms with van der Waals surface area (Å²) >= 11 is 0. The molecule has 0 saturated carbocycles. The highest BCUT2D eigenvalue weighted by Gasteiger charge is 2.32. The minimum absolute atomic E-state index is 0.0508. The molecule has 1 N–H and O–H groups in total. The fraction of sp³-hybridized carbons (Fsp3) is 0.364. The molecule has 0 bridgehead atoms. The molecule has 3 rings (SSSR count). The zero-order valence-electron chi connectivity index (χ0n) is 16.5. The van der Waals surface area contributed by atoms with Crippen LogP contribution in [0, 0.1) is 12.8 Å². The van der Waals surface area contributed by atoms with Gasteiger partial charge < -0.3 is 15.0 Å². The van der Waals surface area contributed by atoms with Gasteiger partial charge in [0.2, 0.25) is 5.91 Å². The summed E-state index contributed by atoms with van der Waals surface area (Å²) in [6.45, 7) is 2.74. The van der Waals surface area contributed by atoms with Gasteiger partial charge in [-0.2, -0.15) is 0 Å². The van der Waals surface area contributed by atoms with Gasteiger partial charge in [0.15, 0.2) is 0 Å². The number of para-hydroxylation sites is 1. The van der Waals surface area contributed by atoms with E-state index in [1.54, 1.807) is 17.0 Å². The number of alkyl halides is 3. The van der Waals surface area contributed by atoms with Crippen molar-refractivity contribution in [3.05, 3.63) is 65.2 Å². The van der Waals surface area contributed by atoms with Crippen LogP contribution in [0.15, 0.2) is 48.5 Å². The second-order valence-corrected chi connectivity index (χ2v) is 7.25. The van der Waals surface area contributed by atoms with Crippen molar-refractivity contribution in [2.24, 2.45) is 5.92 Å². The number of halogens is 3. The third-order valence-corrected chi connectivity index (χ3v) is 5.18. The van der Waals surface area contributed by atoms with Crippen molar-refractivity contribution in [2.45, 2.75) is 32.7 Å². The molecule has 1 heterocycles. The largest absolute Gasteiger partial charge is 0.573 e. The molecule has 8 heteroatoms. The van der Waals surface area contributed by atoms with Gasteiger partial charge in [0, 0.05) is 36.7 Å². The lowest BCUT2D eigenvalue weighted by Gasteiger charge is -2.31. The van der Waals surface area contributed by atoms with Gasteiger partial charge in [-0.3, -0.25) is 9.59 Å². The van der Waals surface area contributed by atoms with Crippen LogP contribution < -0.4 is 10.1 Å². The topological polar surface area (TPSA) is 58.6 Å². The zero-order valence-corrected chi connectivity index (χ0v) is 16.5. The Morgan fingerprint density at radius 2 is 1.70 bits per heavy atom. The van der Waals surface area contributed by atoms with Gasteiger partial charge in [0.05, 0.1) is 0 Å². The summed E-state index contributed by atoms with van der Waals surface area (Å²) in [5, 5.41) is 2.69. The number of likely N-dealkylation sites (tertiary alicyclic amines) is 1. The molecule has 0 unspecified atom stereocenters. The minimum atomic E-state index is -4.80. The number of carbonyl (C=O) groups is 2. The third kappa shape index (κ3) is 5.52. The smallest absolute Gasteiger partial charge is 0.405 e. The van der Waals surface area contributed by atoms with Crippen LogP contribution in [0.3, 0.4) is 0 Å². The van der Waals surface area contributed by atoms with E-state index in [0.29, 0.717) is 31.5 Å². The first-order valence-electron chi connectivity index (χ1n) is 9.71. The first kappa shape index (κ1) is 21.7. The van der Waals surface area contributed by atoms with E-state index in [1.165, 1.54) is 18.2 Å². The molecule has 1 saturated heterocycles. The maximum absolute atomic E-state index is 12.7. The Balaban J connectivity index is 1.53. The van der Waals surface area contributed by atoms with Crippen molar-refractivity contribution in [3.8, 4) is 5.75 Å². The van der Waals surface area contributed by atoms with E-state index in [-0.39, 0.29) is 35.6 Å². The van der Waals surface area contributed by atoms with Crippen LogP contribution in [-0.2, 0) is 11.3 Å². The number of amides is 2. The lowest BCUT2D eigenvalue weighted by molar-refractivity contribution is -0.274. The van der Waals surface area contributed by atoms with Crippen LogP contribution in [0.1, 0.15) is 34.3 Å². The Kier molecular flexibility index (Phi) is 6.64. The molecule has 0 spiro atoms. The first-order valence-corrected chi connectivity index (χ1v) is 9.71. The zero-order chi connectivity index (χ0) is 21.7. The number of piperidine rings is 1. The number of benzene rings is 2. The molecule has 0 radical (unpaired) electrons. The average molecular weight is 420 g/mol. The number of ether oxygens (including phenoxy) is 1. The predicted octanol–water partition coefficient (Wildman–Crippen LogP) is 4.06. The van der Waals surface area contributed by atoms with Crippen molar-refractivity contribution in [1.29, 1.82) is 0 Å². The van der Waals surface area contributed by atoms with Crippen molar-refractivity contribution >= 4 is 11.8 Å². The van der Waals surface area contributed by atoms with E-state index in [9.17, 15) is 22.8 Å². The van der Waals surface area contributed by atoms with Crippen molar-refractivity contribution in [1.82, 2.24) is 10.2 Å². The highest BCUT2D eigenvalue weighted by atomic mass is 19.4. The molecule has 2 aromatic rings. The summed E-state index contributed by atoms with van der Waals surface area (Å²) in [6.07, 6.45) is -3.79. The SMILES string of the molecule is Cc1ccccc1C(=O)N1CCC(C(=O)NCc2ccccc2OC(F)(F)F)CC1. The van der Waals surface area contributed by atoms with E-state index in [0.717, 1.165) is 5.56 Å². The summed E-state index contributed by atoms with van der Waals surface area (Å²) in [6, 6.07) is 13.1. The number of carbonyl (C=O) groups excluding carboxylic acids is 2. The van der Waals surface area contributed by atoms with Crippen LogP contribution in [-0.4, -0.2) is 36.2 Å². The standard InChI is InChI=1S/C22H23F3N2O3/c1-15-6-2-4-8-18(15)21(29)27-12-10-16(11-13-27)20(28)26-14-17-7-3-5-9-19(17)30-22(23,24)25/h2-9,16H,10-14H2,1H3,(H,26,28). The molecule has 5 nitrogen and oxygen atoms in total. The Bertz CT molecular complexity index is 906. The van der Waals surface area contributed by atoms with E-state index < -0.39 is 6.36 Å². The third-order valence-electron chi connectivity index (χ3n) is 5.18. The highest BCUT2D eigenvalue weighted by molar-refractivity contribution is 5.95. The second kappa shape index (κ2) is 9.19. The van der Waals surface area contributed by atoms with E-state index >= 15 is 0 Å². The van der Waals surface area contributed by atoms with Gasteiger partial charge in [-0.25, -0.2) is 0 Å². The lowest BCUT2D eigenvalue weighted by Crippen LogP contribution is -2.43. The molecule has 1 fully saturated rings. The highest BCUT2D eigenvalue weighted by Crippen LogP contribution is 2.26. The van der Waals surface area contributed by atoms with Gasteiger partial charge in [0.1, 0.15) is 5.75 Å². The molecule has 0 aromatic heterocycles. The number of rotatable bonds is 5. The summed E-state index contributed by atoms with van der Waals surface area (Å²) < 4.78 is 41.6. The van der Waals surface area contributed by atoms with E-state index in [1.807, 2.05) is 25.1 Å². The molecular formula is C22H23F3N2O3. The fourth-order valence-electron chi connectivity index (χ4n) is 3.53. The van der Waals surface area contributed by atoms with E-state index in [2.05, 4.69) is 10.1 Å². The van der Waals surface area contributed by atoms with Gasteiger partial charge in [-0.15, -0.1) is 13.2 Å². The quantitative estimate of drug-likeness (QED) is 0.794. The van der Waals surface area contributed by atoms with Gasteiger partial charge in [0.25, 0.3) is 5.91 Å². The maximum Gasteiger partial charge on any atom is 0.573 e. The predicted molar refractivity (Wildman–Crippen MR) is 105 cm³/mol. The monoisotopic (exact) mass is 420 g/mol. The van der Waals surface area contributed by atoms with Crippen molar-refractivity contribution in [2.75, 3.05) is 13.1 Å². The maximum atomic E-state index is 12.7. The van der Waals surface area contributed by atoms with Crippen LogP contribution in [0.25, 0.3) is 0 Å². The molecule has 2 amide bonds. The van der Waals surface area contributed by atoms with Crippen LogP contribution in [0.4, 0.5) is 13.2 Å². The Morgan fingerprint density at radius 3 is 2.37 bits per heavy atom. The summed E-state index contributed by atoms with van der Waals surface area (Å²) in [4.78, 5) is 26.9. The second-order valence-electron chi connectivity index (χ2n) is 7.25. The normalized spacial score (nSPS) is 15.0. The Labute approximate surface area is 172 Å². The average Bonchev–Trinajstić information content (AvgIpc) is 2.72. The summed E-state index contributed by atoms with van der Waals surface area (Å²) in [5.41, 5.74) is 1.80. The molecule has 1 aliphatic heterocycles. The number of aryl methyl sites for hydroxylation is 1. The molecule has 160 valence electrons. The fourth-order valence-corrected chi connectivity index (χ4v) is 3.53. The number of nitrogens with zero attached hydrogens (tertiary/aromatic N) is 1. The number of nitrogens with one attached hydrogen (secondary N) is 1. The molecule has 1 aliphatic rings. The van der Waals surface area contributed by atoms with Crippen molar-refractivity contribution < 1.29 is 27.5 Å². The van der Waals surface area contributed by atoms with Crippen LogP contribution in [0.2, 0.25) is 0 Å². The van der Waals surface area contributed by atoms with Gasteiger partial charge in [-0.1, -0.05) is 36.4 Å². The Hall–Kier alpha value is -3.03. The molecule has 0 atom stereocenters. The van der Waals surface area contributed by atoms with E-state index in [4.69, 9.17) is 0 Å². The number of hydrogen-bond donors (Lipinski definition) is 1. The number of hydrogen-bond acceptors (Lipinski definition) is 3. The summed E-state index contributed by atoms with van der Waals surface area (Å²) in [5.74, 6) is -0.907. The van der Waals surface area contributed by atoms with Crippen molar-refractivity contribution in [3.63, 3.8) is 0 Å². The van der Waals surface area contributed by atoms with Gasteiger partial charge >= 0.3 is 6.36 Å². The molecular weight excluding hydrogens is 397 g/mol. The molecule has 2 aromatic carbocycles. The lowest BCUT2D eigenvalue weighted by atomic mass is 9.95. The molecule has 30 heavy (non-hydrogen) atoms. The Morgan fingerprint density at radius 1 is 1.07 bits per heavy atom. The van der Waals surface area contributed by atoms with Gasteiger partial charge in [-0.05, 0) is 37.5 Å². The summed E-state index contributed by atoms with van der Waals surface area (Å²) in [7, 11) is 0. The minimum Gasteiger partial charge on any atom is -0.405 e. The first-order chi connectivity index (χ1) is 14.2. The molecule has 0 aliphatic carbocycles. The van der Waals surface area contributed by atoms with Crippen LogP contribution in [0.5, 0.6) is 5.75 Å².